The molecule has 1 heterocycles. The highest BCUT2D eigenvalue weighted by Crippen LogP contribution is 2.25. The number of rotatable bonds is 5. The van der Waals surface area contributed by atoms with E-state index in [2.05, 4.69) is 25.7 Å². The van der Waals surface area contributed by atoms with Crippen LogP contribution in [0.2, 0.25) is 0 Å². The van der Waals surface area contributed by atoms with Gasteiger partial charge in [0.2, 0.25) is 0 Å². The molecule has 0 saturated carbocycles. The number of nitrogens with zero attached hydrogens (tertiary/aromatic N) is 1. The predicted octanol–water partition coefficient (Wildman–Crippen LogP) is 3.16. The minimum Gasteiger partial charge on any atom is -0.466 e. The van der Waals surface area contributed by atoms with Crippen LogP contribution >= 0.6 is 15.9 Å². The SMILES string of the molecule is CCOC(=O)Cc1c(F)cc(CBr)nc1C(F)F. The van der Waals surface area contributed by atoms with Gasteiger partial charge in [0.05, 0.1) is 18.7 Å². The first-order valence-corrected chi connectivity index (χ1v) is 6.29. The highest BCUT2D eigenvalue weighted by atomic mass is 79.9. The summed E-state index contributed by atoms with van der Waals surface area (Å²) < 4.78 is 43.8. The Balaban J connectivity index is 3.12. The summed E-state index contributed by atoms with van der Waals surface area (Å²) in [6.45, 7) is 1.69. The van der Waals surface area contributed by atoms with E-state index in [1.165, 1.54) is 0 Å². The maximum absolute atomic E-state index is 13.7. The molecule has 0 aliphatic heterocycles. The number of pyridine rings is 1. The topological polar surface area (TPSA) is 39.2 Å². The van der Waals surface area contributed by atoms with Crippen molar-refractivity contribution in [2.24, 2.45) is 0 Å². The molecule has 0 N–H and O–H groups in total. The molecule has 0 saturated heterocycles. The lowest BCUT2D eigenvalue weighted by Gasteiger charge is -2.10. The van der Waals surface area contributed by atoms with E-state index in [0.717, 1.165) is 6.07 Å². The number of hydrogen-bond acceptors (Lipinski definition) is 3. The molecular weight excluding hydrogens is 315 g/mol. The second-order valence-electron chi connectivity index (χ2n) is 3.38. The Morgan fingerprint density at radius 3 is 2.72 bits per heavy atom. The zero-order valence-corrected chi connectivity index (χ0v) is 11.1. The second kappa shape index (κ2) is 6.72. The molecule has 18 heavy (non-hydrogen) atoms. The fraction of sp³-hybridized carbons (Fsp3) is 0.455. The Morgan fingerprint density at radius 1 is 1.56 bits per heavy atom. The van der Waals surface area contributed by atoms with Gasteiger partial charge in [-0.3, -0.25) is 9.78 Å². The summed E-state index contributed by atoms with van der Waals surface area (Å²) in [6.07, 6.45) is -3.49. The standard InChI is InChI=1S/C11H11BrF3NO2/c1-2-18-9(17)4-7-8(13)3-6(5-12)16-10(7)11(14)15/h3,11H,2,4-5H2,1H3. The Hall–Kier alpha value is -1.11. The molecule has 0 radical (unpaired) electrons. The Labute approximate surface area is 110 Å². The average Bonchev–Trinajstić information content (AvgIpc) is 2.31. The summed E-state index contributed by atoms with van der Waals surface area (Å²) in [5, 5.41) is 0.156. The number of aromatic nitrogens is 1. The van der Waals surface area contributed by atoms with E-state index in [0.29, 0.717) is 0 Å². The summed E-state index contributed by atoms with van der Waals surface area (Å²) in [4.78, 5) is 14.8. The molecule has 0 spiro atoms. The van der Waals surface area contributed by atoms with E-state index >= 15 is 0 Å². The first-order valence-electron chi connectivity index (χ1n) is 5.17. The lowest BCUT2D eigenvalue weighted by atomic mass is 10.1. The largest absolute Gasteiger partial charge is 0.466 e. The van der Waals surface area contributed by atoms with E-state index < -0.39 is 35.9 Å². The van der Waals surface area contributed by atoms with Gasteiger partial charge in [-0.2, -0.15) is 0 Å². The van der Waals surface area contributed by atoms with E-state index in [1.807, 2.05) is 0 Å². The molecule has 7 heteroatoms. The van der Waals surface area contributed by atoms with Gasteiger partial charge >= 0.3 is 5.97 Å². The molecule has 100 valence electrons. The van der Waals surface area contributed by atoms with Crippen LogP contribution in [0.25, 0.3) is 0 Å². The Morgan fingerprint density at radius 2 is 2.22 bits per heavy atom. The van der Waals surface area contributed by atoms with Gasteiger partial charge in [0.1, 0.15) is 11.5 Å². The van der Waals surface area contributed by atoms with Gasteiger partial charge in [0.15, 0.2) is 0 Å². The molecule has 0 unspecified atom stereocenters. The molecule has 0 fully saturated rings. The second-order valence-corrected chi connectivity index (χ2v) is 3.94. The summed E-state index contributed by atoms with van der Waals surface area (Å²) in [6, 6.07) is 1.02. The van der Waals surface area contributed by atoms with Crippen molar-refractivity contribution in [3.63, 3.8) is 0 Å². The summed E-state index contributed by atoms with van der Waals surface area (Å²) in [5.41, 5.74) is -0.971. The monoisotopic (exact) mass is 325 g/mol. The van der Waals surface area contributed by atoms with Crippen molar-refractivity contribution in [1.29, 1.82) is 0 Å². The molecule has 0 amide bonds. The molecule has 1 aromatic heterocycles. The van der Waals surface area contributed by atoms with Crippen molar-refractivity contribution in [1.82, 2.24) is 4.98 Å². The van der Waals surface area contributed by atoms with Gasteiger partial charge in [0.25, 0.3) is 6.43 Å². The lowest BCUT2D eigenvalue weighted by molar-refractivity contribution is -0.142. The zero-order chi connectivity index (χ0) is 13.7. The molecule has 0 aliphatic carbocycles. The van der Waals surface area contributed by atoms with Gasteiger partial charge in [-0.05, 0) is 13.0 Å². The first-order chi connectivity index (χ1) is 8.49. The quantitative estimate of drug-likeness (QED) is 0.616. The normalized spacial score (nSPS) is 10.8. The molecule has 0 atom stereocenters. The van der Waals surface area contributed by atoms with E-state index in [9.17, 15) is 18.0 Å². The van der Waals surface area contributed by atoms with Crippen LogP contribution in [0, 0.1) is 5.82 Å². The van der Waals surface area contributed by atoms with Crippen molar-refractivity contribution in [2.75, 3.05) is 6.61 Å². The van der Waals surface area contributed by atoms with Crippen LogP contribution in [0.5, 0.6) is 0 Å². The molecule has 3 nitrogen and oxygen atoms in total. The molecular formula is C11H11BrF3NO2. The van der Waals surface area contributed by atoms with Gasteiger partial charge in [-0.1, -0.05) is 15.9 Å². The third kappa shape index (κ3) is 3.69. The fourth-order valence-electron chi connectivity index (χ4n) is 1.39. The average molecular weight is 326 g/mol. The molecule has 1 aromatic rings. The van der Waals surface area contributed by atoms with Crippen LogP contribution in [0.4, 0.5) is 13.2 Å². The summed E-state index contributed by atoms with van der Waals surface area (Å²) >= 11 is 3.01. The third-order valence-electron chi connectivity index (χ3n) is 2.12. The van der Waals surface area contributed by atoms with E-state index in [4.69, 9.17) is 0 Å². The van der Waals surface area contributed by atoms with Crippen LogP contribution in [0.15, 0.2) is 6.07 Å². The van der Waals surface area contributed by atoms with Crippen LogP contribution in [0.1, 0.15) is 30.3 Å². The maximum Gasteiger partial charge on any atom is 0.310 e. The number of carbonyl (C=O) groups excluding carboxylic acids is 1. The van der Waals surface area contributed by atoms with Gasteiger partial charge in [0, 0.05) is 10.9 Å². The lowest BCUT2D eigenvalue weighted by Crippen LogP contribution is -2.13. The van der Waals surface area contributed by atoms with E-state index in [-0.39, 0.29) is 17.6 Å². The maximum atomic E-state index is 13.7. The number of esters is 1. The smallest absolute Gasteiger partial charge is 0.310 e. The van der Waals surface area contributed by atoms with Crippen molar-refractivity contribution in [3.05, 3.63) is 28.8 Å². The van der Waals surface area contributed by atoms with E-state index in [1.54, 1.807) is 6.92 Å². The molecule has 1 rings (SSSR count). The number of ether oxygens (including phenoxy) is 1. The van der Waals surface area contributed by atoms with Crippen molar-refractivity contribution < 1.29 is 22.7 Å². The molecule has 0 aliphatic rings. The van der Waals surface area contributed by atoms with Gasteiger partial charge < -0.3 is 4.74 Å². The Bertz CT molecular complexity index is 441. The molecule has 0 aromatic carbocycles. The minimum atomic E-state index is -2.94. The zero-order valence-electron chi connectivity index (χ0n) is 9.55. The highest BCUT2D eigenvalue weighted by molar-refractivity contribution is 9.08. The van der Waals surface area contributed by atoms with Crippen molar-refractivity contribution >= 4 is 21.9 Å². The van der Waals surface area contributed by atoms with Crippen molar-refractivity contribution in [2.45, 2.75) is 25.1 Å². The van der Waals surface area contributed by atoms with Crippen LogP contribution < -0.4 is 0 Å². The van der Waals surface area contributed by atoms with Crippen molar-refractivity contribution in [3.8, 4) is 0 Å². The van der Waals surface area contributed by atoms with Gasteiger partial charge in [-0.25, -0.2) is 13.2 Å². The Kier molecular flexibility index (Phi) is 5.58. The number of halogens is 4. The first kappa shape index (κ1) is 14.9. The minimum absolute atomic E-state index is 0.109. The predicted molar refractivity (Wildman–Crippen MR) is 62.1 cm³/mol. The fourth-order valence-corrected chi connectivity index (χ4v) is 1.68. The summed E-state index contributed by atoms with van der Waals surface area (Å²) in [5.74, 6) is -1.63. The third-order valence-corrected chi connectivity index (χ3v) is 2.70. The van der Waals surface area contributed by atoms with Crippen LogP contribution in [0.3, 0.4) is 0 Å². The van der Waals surface area contributed by atoms with Crippen LogP contribution in [-0.4, -0.2) is 17.6 Å². The molecule has 0 bridgehead atoms. The number of carbonyl (C=O) groups is 1. The number of hydrogen-bond donors (Lipinski definition) is 0. The van der Waals surface area contributed by atoms with Gasteiger partial charge in [-0.15, -0.1) is 0 Å². The number of alkyl halides is 3. The summed E-state index contributed by atoms with van der Waals surface area (Å²) in [7, 11) is 0. The van der Waals surface area contributed by atoms with Crippen LogP contribution in [-0.2, 0) is 21.3 Å². The highest BCUT2D eigenvalue weighted by Gasteiger charge is 2.22.